The average molecular weight is 358 g/mol. The average Bonchev–Trinajstić information content (AvgIpc) is 2.94. The summed E-state index contributed by atoms with van der Waals surface area (Å²) in [6.45, 7) is 4.08. The Hall–Kier alpha value is -2.58. The third-order valence-electron chi connectivity index (χ3n) is 3.41. The van der Waals surface area contributed by atoms with Gasteiger partial charge in [0, 0.05) is 17.2 Å². The molecule has 6 nitrogen and oxygen atoms in total. The zero-order valence-electron chi connectivity index (χ0n) is 13.0. The fourth-order valence-electron chi connectivity index (χ4n) is 2.27. The topological polar surface area (TPSA) is 94.1 Å². The van der Waals surface area contributed by atoms with Crippen molar-refractivity contribution >= 4 is 34.9 Å². The monoisotopic (exact) mass is 358 g/mol. The van der Waals surface area contributed by atoms with Crippen LogP contribution in [0.4, 0.5) is 5.13 Å². The number of aromatic amines is 2. The largest absolute Gasteiger partial charge is 0.494 e. The molecule has 0 fully saturated rings. The number of thiazole rings is 1. The number of H-pyrrole nitrogens is 2. The number of nitrogens with zero attached hydrogens (tertiary/aromatic N) is 2. The summed E-state index contributed by atoms with van der Waals surface area (Å²) in [6, 6.07) is 6.16. The van der Waals surface area contributed by atoms with Crippen LogP contribution in [0.25, 0.3) is 11.3 Å². The molecule has 24 heavy (non-hydrogen) atoms. The molecule has 122 valence electrons. The van der Waals surface area contributed by atoms with Gasteiger partial charge < -0.3 is 10.1 Å². The summed E-state index contributed by atoms with van der Waals surface area (Å²) in [5.74, 6) is -0.321. The van der Waals surface area contributed by atoms with E-state index in [0.29, 0.717) is 5.13 Å². The second-order valence-corrected chi connectivity index (χ2v) is 6.51. The maximum absolute atomic E-state index is 11.8. The second kappa shape index (κ2) is 6.50. The van der Waals surface area contributed by atoms with Crippen LogP contribution >= 0.6 is 23.6 Å². The minimum Gasteiger partial charge on any atom is -0.494 e. The quantitative estimate of drug-likeness (QED) is 0.492. The van der Waals surface area contributed by atoms with Gasteiger partial charge in [0.1, 0.15) is 5.56 Å². The molecule has 0 unspecified atom stereocenters. The maximum Gasteiger partial charge on any atom is 0.264 e. The van der Waals surface area contributed by atoms with Gasteiger partial charge in [-0.05, 0) is 31.6 Å². The van der Waals surface area contributed by atoms with E-state index in [1.807, 2.05) is 31.4 Å². The Balaban J connectivity index is 1.92. The number of aromatic nitrogens is 3. The molecule has 0 radical (unpaired) electrons. The lowest BCUT2D eigenvalue weighted by molar-refractivity contribution is 0.449. The molecule has 0 aliphatic rings. The van der Waals surface area contributed by atoms with Crippen LogP contribution in [0.3, 0.4) is 0 Å². The van der Waals surface area contributed by atoms with Crippen LogP contribution in [0.15, 0.2) is 33.4 Å². The molecule has 0 spiro atoms. The lowest BCUT2D eigenvalue weighted by Crippen LogP contribution is -2.13. The molecular weight excluding hydrogens is 344 g/mol. The van der Waals surface area contributed by atoms with E-state index in [-0.39, 0.29) is 16.2 Å². The standard InChI is InChI=1S/C16H14N4O2S2/c1-8-3-4-10(9(2)5-8)12-7-24-16(18-12)17-6-11-13(21)19-15(23)20-14(11)22/h3-7H,1-2H3,(H3,19,20,21,22,23). The Labute approximate surface area is 146 Å². The van der Waals surface area contributed by atoms with Crippen molar-refractivity contribution in [2.75, 3.05) is 0 Å². The number of hydrogen-bond acceptors (Lipinski definition) is 6. The van der Waals surface area contributed by atoms with E-state index >= 15 is 0 Å². The number of nitrogens with one attached hydrogen (secondary N) is 2. The summed E-state index contributed by atoms with van der Waals surface area (Å²) >= 11 is 6.13. The van der Waals surface area contributed by atoms with Crippen LogP contribution < -0.4 is 5.56 Å². The van der Waals surface area contributed by atoms with Crippen LogP contribution in [0.2, 0.25) is 0 Å². The summed E-state index contributed by atoms with van der Waals surface area (Å²) in [5.41, 5.74) is 3.71. The molecule has 0 aliphatic heterocycles. The molecular formula is C16H14N4O2S2. The minimum absolute atomic E-state index is 0.00636. The van der Waals surface area contributed by atoms with Gasteiger partial charge in [-0.2, -0.15) is 0 Å². The van der Waals surface area contributed by atoms with Gasteiger partial charge in [-0.1, -0.05) is 23.8 Å². The molecule has 0 bridgehead atoms. The smallest absolute Gasteiger partial charge is 0.264 e. The molecule has 0 saturated carbocycles. The first-order valence-corrected chi connectivity index (χ1v) is 8.35. The van der Waals surface area contributed by atoms with E-state index in [1.165, 1.54) is 23.1 Å². The Bertz CT molecular complexity index is 1050. The van der Waals surface area contributed by atoms with Gasteiger partial charge >= 0.3 is 0 Å². The second-order valence-electron chi connectivity index (χ2n) is 5.26. The number of aliphatic imine (C=N–C) groups is 1. The zero-order valence-corrected chi connectivity index (χ0v) is 14.6. The Morgan fingerprint density at radius 3 is 2.83 bits per heavy atom. The molecule has 3 rings (SSSR count). The minimum atomic E-state index is -0.508. The molecule has 0 saturated heterocycles. The normalized spacial score (nSPS) is 11.2. The predicted molar refractivity (Wildman–Crippen MR) is 98.2 cm³/mol. The van der Waals surface area contributed by atoms with Crippen LogP contribution in [0.1, 0.15) is 16.7 Å². The Morgan fingerprint density at radius 1 is 1.33 bits per heavy atom. The van der Waals surface area contributed by atoms with E-state index in [1.54, 1.807) is 0 Å². The van der Waals surface area contributed by atoms with Gasteiger partial charge in [-0.3, -0.25) is 9.78 Å². The number of aromatic hydroxyl groups is 1. The van der Waals surface area contributed by atoms with Crippen molar-refractivity contribution in [2.24, 2.45) is 4.99 Å². The lowest BCUT2D eigenvalue weighted by Gasteiger charge is -2.03. The highest BCUT2D eigenvalue weighted by molar-refractivity contribution is 7.71. The van der Waals surface area contributed by atoms with Crippen molar-refractivity contribution in [2.45, 2.75) is 13.8 Å². The highest BCUT2D eigenvalue weighted by Gasteiger charge is 2.08. The van der Waals surface area contributed by atoms with Gasteiger partial charge in [-0.25, -0.2) is 9.98 Å². The fourth-order valence-corrected chi connectivity index (χ4v) is 3.12. The first-order chi connectivity index (χ1) is 11.4. The zero-order chi connectivity index (χ0) is 17.3. The van der Waals surface area contributed by atoms with Crippen molar-refractivity contribution < 1.29 is 5.11 Å². The van der Waals surface area contributed by atoms with E-state index in [0.717, 1.165) is 16.8 Å². The molecule has 2 heterocycles. The fraction of sp³-hybridized carbons (Fsp3) is 0.125. The summed E-state index contributed by atoms with van der Waals surface area (Å²) in [6.07, 6.45) is 1.27. The summed E-state index contributed by atoms with van der Waals surface area (Å²) in [7, 11) is 0. The number of rotatable bonds is 3. The third-order valence-corrected chi connectivity index (χ3v) is 4.37. The Morgan fingerprint density at radius 2 is 2.12 bits per heavy atom. The number of hydrogen-bond donors (Lipinski definition) is 3. The first-order valence-electron chi connectivity index (χ1n) is 7.07. The molecule has 0 amide bonds. The lowest BCUT2D eigenvalue weighted by atomic mass is 10.0. The van der Waals surface area contributed by atoms with Crippen molar-refractivity contribution in [3.05, 3.63) is 55.4 Å². The molecule has 8 heteroatoms. The van der Waals surface area contributed by atoms with Crippen molar-refractivity contribution in [3.63, 3.8) is 0 Å². The highest BCUT2D eigenvalue weighted by atomic mass is 32.1. The summed E-state index contributed by atoms with van der Waals surface area (Å²) < 4.78 is 0.0565. The van der Waals surface area contributed by atoms with E-state index in [2.05, 4.69) is 26.0 Å². The van der Waals surface area contributed by atoms with Crippen LogP contribution in [0, 0.1) is 18.6 Å². The highest BCUT2D eigenvalue weighted by Crippen LogP contribution is 2.29. The molecule has 3 aromatic rings. The number of benzene rings is 1. The van der Waals surface area contributed by atoms with Crippen LogP contribution in [0.5, 0.6) is 5.88 Å². The van der Waals surface area contributed by atoms with Crippen LogP contribution in [-0.4, -0.2) is 26.3 Å². The predicted octanol–water partition coefficient (Wildman–Crippen LogP) is 3.63. The first kappa shape index (κ1) is 16.3. The molecule has 0 aliphatic carbocycles. The van der Waals surface area contributed by atoms with Crippen molar-refractivity contribution in [1.82, 2.24) is 15.0 Å². The van der Waals surface area contributed by atoms with Gasteiger partial charge in [0.05, 0.1) is 5.69 Å². The van der Waals surface area contributed by atoms with Gasteiger partial charge in [0.2, 0.25) is 11.0 Å². The van der Waals surface area contributed by atoms with Crippen molar-refractivity contribution in [3.8, 4) is 17.1 Å². The summed E-state index contributed by atoms with van der Waals surface area (Å²) in [5, 5.41) is 12.1. The van der Waals surface area contributed by atoms with Crippen molar-refractivity contribution in [1.29, 1.82) is 0 Å². The number of aryl methyl sites for hydroxylation is 2. The van der Waals surface area contributed by atoms with Gasteiger partial charge in [0.15, 0.2) is 4.77 Å². The van der Waals surface area contributed by atoms with E-state index in [4.69, 9.17) is 12.2 Å². The Kier molecular flexibility index (Phi) is 4.41. The van der Waals surface area contributed by atoms with Gasteiger partial charge in [0.25, 0.3) is 5.56 Å². The third kappa shape index (κ3) is 3.34. The van der Waals surface area contributed by atoms with Crippen LogP contribution in [-0.2, 0) is 0 Å². The SMILES string of the molecule is Cc1ccc(-c2csc(N=Cc3c(O)[nH]c(=S)[nH]c3=O)n2)c(C)c1. The molecule has 1 aromatic carbocycles. The van der Waals surface area contributed by atoms with E-state index in [9.17, 15) is 9.90 Å². The van der Waals surface area contributed by atoms with Gasteiger partial charge in [-0.15, -0.1) is 11.3 Å². The van der Waals surface area contributed by atoms with E-state index < -0.39 is 5.56 Å². The maximum atomic E-state index is 11.8. The summed E-state index contributed by atoms with van der Waals surface area (Å²) in [4.78, 5) is 25.3. The molecule has 3 N–H and O–H groups in total. The molecule has 2 aromatic heterocycles. The molecule has 0 atom stereocenters.